The second-order valence-electron chi connectivity index (χ2n) is 4.96. The largest absolute Gasteiger partial charge is 0.419 e. The highest BCUT2D eigenvalue weighted by Gasteiger charge is 2.19. The minimum absolute atomic E-state index is 0.0730. The molecule has 0 amide bonds. The van der Waals surface area contributed by atoms with Gasteiger partial charge in [-0.05, 0) is 18.2 Å². The van der Waals surface area contributed by atoms with Crippen LogP contribution in [-0.4, -0.2) is 32.6 Å². The predicted molar refractivity (Wildman–Crippen MR) is 83.0 cm³/mol. The molecule has 4 aromatic rings. The smallest absolute Gasteiger partial charge is 0.408 e. The van der Waals surface area contributed by atoms with Gasteiger partial charge in [0.15, 0.2) is 5.58 Å². The van der Waals surface area contributed by atoms with E-state index in [-0.39, 0.29) is 22.2 Å². The molecule has 0 aliphatic rings. The van der Waals surface area contributed by atoms with Gasteiger partial charge in [-0.1, -0.05) is 0 Å². The van der Waals surface area contributed by atoms with Crippen LogP contribution in [0.3, 0.4) is 0 Å². The number of benzene rings is 1. The molecule has 0 saturated carbocycles. The summed E-state index contributed by atoms with van der Waals surface area (Å²) in [5, 5.41) is 3.98. The second-order valence-corrected chi connectivity index (χ2v) is 6.64. The van der Waals surface area contributed by atoms with Crippen LogP contribution in [0.5, 0.6) is 0 Å². The van der Waals surface area contributed by atoms with Crippen LogP contribution in [0, 0.1) is 0 Å². The van der Waals surface area contributed by atoms with Gasteiger partial charge in [0.05, 0.1) is 10.4 Å². The zero-order valence-corrected chi connectivity index (χ0v) is 13.1. The summed E-state index contributed by atoms with van der Waals surface area (Å²) < 4.78 is 34.8. The van der Waals surface area contributed by atoms with Crippen LogP contribution in [0.1, 0.15) is 0 Å². The van der Waals surface area contributed by atoms with Gasteiger partial charge in [0.1, 0.15) is 0 Å². The fourth-order valence-corrected chi connectivity index (χ4v) is 3.19. The van der Waals surface area contributed by atoms with Crippen molar-refractivity contribution in [3.05, 3.63) is 47.2 Å². The van der Waals surface area contributed by atoms with Gasteiger partial charge < -0.3 is 4.42 Å². The van der Waals surface area contributed by atoms with Crippen molar-refractivity contribution in [1.29, 1.82) is 0 Å². The first kappa shape index (κ1) is 14.4. The maximum atomic E-state index is 12.5. The Hall–Kier alpha value is -3.21. The Bertz CT molecular complexity index is 1200. The van der Waals surface area contributed by atoms with E-state index in [0.29, 0.717) is 5.52 Å². The minimum Gasteiger partial charge on any atom is -0.408 e. The van der Waals surface area contributed by atoms with Crippen LogP contribution < -0.4 is 10.5 Å². The summed E-state index contributed by atoms with van der Waals surface area (Å²) in [4.78, 5) is 19.4. The SMILES string of the molecule is Cn1c(=O)oc2cc(S(=O)(=O)Nc3nc4ncccn4n3)ccc21. The highest BCUT2D eigenvalue weighted by atomic mass is 32.2. The molecule has 1 N–H and O–H groups in total. The molecular weight excluding hydrogens is 336 g/mol. The summed E-state index contributed by atoms with van der Waals surface area (Å²) >= 11 is 0. The van der Waals surface area contributed by atoms with E-state index in [1.807, 2.05) is 0 Å². The van der Waals surface area contributed by atoms with Crippen molar-refractivity contribution in [2.75, 3.05) is 4.72 Å². The number of aryl methyl sites for hydroxylation is 1. The van der Waals surface area contributed by atoms with Crippen LogP contribution in [0.15, 0.2) is 50.8 Å². The molecule has 0 unspecified atom stereocenters. The molecule has 0 spiro atoms. The molecule has 0 radical (unpaired) electrons. The lowest BCUT2D eigenvalue weighted by molar-refractivity contribution is 0.527. The number of fused-ring (bicyclic) bond motifs is 2. The number of nitrogens with one attached hydrogen (secondary N) is 1. The number of anilines is 1. The fraction of sp³-hybridized carbons (Fsp3) is 0.0769. The van der Waals surface area contributed by atoms with E-state index in [1.54, 1.807) is 12.3 Å². The highest BCUT2D eigenvalue weighted by molar-refractivity contribution is 7.92. The quantitative estimate of drug-likeness (QED) is 0.568. The Kier molecular flexibility index (Phi) is 2.93. The summed E-state index contributed by atoms with van der Waals surface area (Å²) in [6.07, 6.45) is 3.12. The summed E-state index contributed by atoms with van der Waals surface area (Å²) in [6, 6.07) is 5.78. The van der Waals surface area contributed by atoms with Crippen molar-refractivity contribution in [3.8, 4) is 0 Å². The highest BCUT2D eigenvalue weighted by Crippen LogP contribution is 2.19. The lowest BCUT2D eigenvalue weighted by Gasteiger charge is -2.04. The van der Waals surface area contributed by atoms with Crippen LogP contribution in [0.2, 0.25) is 0 Å². The molecule has 122 valence electrons. The predicted octanol–water partition coefficient (Wildman–Crippen LogP) is 0.370. The first-order chi connectivity index (χ1) is 11.4. The second kappa shape index (κ2) is 4.89. The Morgan fingerprint density at radius 2 is 2.12 bits per heavy atom. The molecule has 10 nitrogen and oxygen atoms in total. The fourth-order valence-electron chi connectivity index (χ4n) is 2.24. The molecule has 3 heterocycles. The molecule has 1 aromatic carbocycles. The molecule has 24 heavy (non-hydrogen) atoms. The van der Waals surface area contributed by atoms with Crippen molar-refractivity contribution < 1.29 is 12.8 Å². The number of nitrogens with zero attached hydrogens (tertiary/aromatic N) is 5. The van der Waals surface area contributed by atoms with Gasteiger partial charge in [-0.3, -0.25) is 4.57 Å². The van der Waals surface area contributed by atoms with E-state index in [2.05, 4.69) is 19.8 Å². The topological polar surface area (TPSA) is 124 Å². The Morgan fingerprint density at radius 1 is 1.29 bits per heavy atom. The van der Waals surface area contributed by atoms with Gasteiger partial charge in [0.25, 0.3) is 21.7 Å². The lowest BCUT2D eigenvalue weighted by atomic mass is 10.3. The van der Waals surface area contributed by atoms with Crippen molar-refractivity contribution in [1.82, 2.24) is 24.1 Å². The standard InChI is InChI=1S/C13H10N6O4S/c1-18-9-4-3-8(7-10(9)23-13(18)20)24(21,22)17-11-15-12-14-5-2-6-19(12)16-11/h2-7H,1H3,(H,16,17). The van der Waals surface area contributed by atoms with E-state index in [9.17, 15) is 13.2 Å². The van der Waals surface area contributed by atoms with Crippen LogP contribution in [-0.2, 0) is 17.1 Å². The molecule has 0 atom stereocenters. The molecule has 11 heteroatoms. The average molecular weight is 346 g/mol. The summed E-state index contributed by atoms with van der Waals surface area (Å²) in [5.74, 6) is -0.413. The third-order valence-electron chi connectivity index (χ3n) is 3.42. The summed E-state index contributed by atoms with van der Waals surface area (Å²) in [7, 11) is -2.41. The zero-order chi connectivity index (χ0) is 16.9. The third-order valence-corrected chi connectivity index (χ3v) is 4.74. The Morgan fingerprint density at radius 3 is 2.92 bits per heavy atom. The van der Waals surface area contributed by atoms with Gasteiger partial charge in [-0.25, -0.2) is 27.4 Å². The maximum absolute atomic E-state index is 12.5. The molecular formula is C13H10N6O4S. The van der Waals surface area contributed by atoms with Gasteiger partial charge in [-0.15, -0.1) is 5.10 Å². The van der Waals surface area contributed by atoms with E-state index in [1.165, 1.54) is 40.5 Å². The van der Waals surface area contributed by atoms with Gasteiger partial charge in [-0.2, -0.15) is 4.98 Å². The molecule has 4 rings (SSSR count). The lowest BCUT2D eigenvalue weighted by Crippen LogP contribution is -2.14. The number of hydrogen-bond acceptors (Lipinski definition) is 7. The number of rotatable bonds is 3. The first-order valence-corrected chi connectivity index (χ1v) is 8.22. The molecule has 0 fully saturated rings. The van der Waals surface area contributed by atoms with Crippen molar-refractivity contribution in [3.63, 3.8) is 0 Å². The summed E-state index contributed by atoms with van der Waals surface area (Å²) in [5.41, 5.74) is 0.670. The van der Waals surface area contributed by atoms with Gasteiger partial charge in [0, 0.05) is 25.5 Å². The van der Waals surface area contributed by atoms with E-state index in [4.69, 9.17) is 4.42 Å². The third kappa shape index (κ3) is 2.22. The summed E-state index contributed by atoms with van der Waals surface area (Å²) in [6.45, 7) is 0. The van der Waals surface area contributed by atoms with Crippen molar-refractivity contribution in [2.24, 2.45) is 7.05 Å². The Labute approximate surface area is 134 Å². The molecule has 0 aliphatic carbocycles. The van der Waals surface area contributed by atoms with Crippen LogP contribution in [0.4, 0.5) is 5.95 Å². The normalized spacial score (nSPS) is 12.0. The van der Waals surface area contributed by atoms with Gasteiger partial charge >= 0.3 is 5.76 Å². The van der Waals surface area contributed by atoms with Crippen LogP contribution in [0.25, 0.3) is 16.9 Å². The molecule has 0 saturated heterocycles. The van der Waals surface area contributed by atoms with Gasteiger partial charge in [0.2, 0.25) is 0 Å². The maximum Gasteiger partial charge on any atom is 0.419 e. The van der Waals surface area contributed by atoms with Crippen LogP contribution >= 0.6 is 0 Å². The monoisotopic (exact) mass is 346 g/mol. The van der Waals surface area contributed by atoms with E-state index < -0.39 is 15.8 Å². The number of hydrogen-bond donors (Lipinski definition) is 1. The van der Waals surface area contributed by atoms with Crippen molar-refractivity contribution >= 4 is 32.8 Å². The number of aromatic nitrogens is 5. The Balaban J connectivity index is 1.75. The molecule has 3 aromatic heterocycles. The zero-order valence-electron chi connectivity index (χ0n) is 12.2. The molecule has 0 bridgehead atoms. The van der Waals surface area contributed by atoms with Crippen molar-refractivity contribution in [2.45, 2.75) is 4.90 Å². The molecule has 0 aliphatic heterocycles. The minimum atomic E-state index is -3.94. The van der Waals surface area contributed by atoms with E-state index in [0.717, 1.165) is 0 Å². The number of oxazole rings is 1. The number of sulfonamides is 1. The average Bonchev–Trinajstić information content (AvgIpc) is 3.07. The first-order valence-electron chi connectivity index (χ1n) is 6.74. The van der Waals surface area contributed by atoms with E-state index >= 15 is 0 Å².